The van der Waals surface area contributed by atoms with Crippen molar-refractivity contribution in [3.05, 3.63) is 54.2 Å². The van der Waals surface area contributed by atoms with Crippen molar-refractivity contribution in [2.75, 3.05) is 6.54 Å². The molecule has 0 fully saturated rings. The molecule has 1 aromatic carbocycles. The molecular weight excluding hydrogens is 425 g/mol. The van der Waals surface area contributed by atoms with E-state index in [0.29, 0.717) is 6.54 Å². The first-order valence-corrected chi connectivity index (χ1v) is 8.22. The van der Waals surface area contributed by atoms with Gasteiger partial charge in [0, 0.05) is 14.6 Å². The second-order valence-electron chi connectivity index (χ2n) is 3.76. The lowest BCUT2D eigenvalue weighted by molar-refractivity contribution is 0.0953. The number of halogens is 2. The van der Waals surface area contributed by atoms with Gasteiger partial charge in [0.1, 0.15) is 0 Å². The van der Waals surface area contributed by atoms with E-state index < -0.39 is 0 Å². The quantitative estimate of drug-likeness (QED) is 0.720. The minimum Gasteiger partial charge on any atom is -0.352 e. The van der Waals surface area contributed by atoms with E-state index in [0.717, 1.165) is 20.0 Å². The van der Waals surface area contributed by atoms with Crippen LogP contribution in [0.15, 0.2) is 39.5 Å². The molecule has 0 aliphatic heterocycles. The van der Waals surface area contributed by atoms with E-state index in [1.54, 1.807) is 11.3 Å². The molecule has 18 heavy (non-hydrogen) atoms. The lowest BCUT2D eigenvalue weighted by Gasteiger charge is -2.07. The Hall–Kier alpha value is -0.400. The third-order valence-corrected chi connectivity index (χ3v) is 4.62. The summed E-state index contributed by atoms with van der Waals surface area (Å²) in [4.78, 5) is 12.0. The minimum atomic E-state index is -0.0177. The SMILES string of the molecule is O=C(NCCc1ccsc1)c1cc(Br)ccc1I. The lowest BCUT2D eigenvalue weighted by Crippen LogP contribution is -2.26. The fraction of sp³-hybridized carbons (Fsp3) is 0.154. The second kappa shape index (κ2) is 6.68. The van der Waals surface area contributed by atoms with Crippen LogP contribution >= 0.6 is 49.9 Å². The van der Waals surface area contributed by atoms with Crippen LogP contribution in [0.3, 0.4) is 0 Å². The zero-order valence-electron chi connectivity index (χ0n) is 9.45. The van der Waals surface area contributed by atoms with E-state index in [-0.39, 0.29) is 5.91 Å². The number of rotatable bonds is 4. The van der Waals surface area contributed by atoms with E-state index in [9.17, 15) is 4.79 Å². The summed E-state index contributed by atoms with van der Waals surface area (Å²) in [5.41, 5.74) is 1.99. The summed E-state index contributed by atoms with van der Waals surface area (Å²) in [6.45, 7) is 0.665. The van der Waals surface area contributed by atoms with Crippen molar-refractivity contribution in [1.82, 2.24) is 5.32 Å². The predicted molar refractivity (Wildman–Crippen MR) is 87.2 cm³/mol. The van der Waals surface area contributed by atoms with Gasteiger partial charge < -0.3 is 5.32 Å². The fourth-order valence-corrected chi connectivity index (χ4v) is 3.17. The molecule has 1 heterocycles. The van der Waals surface area contributed by atoms with Crippen molar-refractivity contribution < 1.29 is 4.79 Å². The van der Waals surface area contributed by atoms with Gasteiger partial charge in [-0.2, -0.15) is 11.3 Å². The van der Waals surface area contributed by atoms with Crippen LogP contribution in [0.1, 0.15) is 15.9 Å². The van der Waals surface area contributed by atoms with Crippen LogP contribution in [0.4, 0.5) is 0 Å². The van der Waals surface area contributed by atoms with Crippen molar-refractivity contribution in [3.63, 3.8) is 0 Å². The van der Waals surface area contributed by atoms with E-state index in [2.05, 4.69) is 60.7 Å². The molecule has 0 saturated heterocycles. The molecule has 0 atom stereocenters. The molecular formula is C13H11BrINOS. The van der Waals surface area contributed by atoms with Gasteiger partial charge >= 0.3 is 0 Å². The van der Waals surface area contributed by atoms with E-state index in [1.807, 2.05) is 18.2 Å². The molecule has 2 nitrogen and oxygen atoms in total. The summed E-state index contributed by atoms with van der Waals surface area (Å²) < 4.78 is 1.88. The third kappa shape index (κ3) is 3.80. The Labute approximate surface area is 132 Å². The van der Waals surface area contributed by atoms with Gasteiger partial charge in [0.2, 0.25) is 0 Å². The highest BCUT2D eigenvalue weighted by atomic mass is 127. The van der Waals surface area contributed by atoms with E-state index in [1.165, 1.54) is 5.56 Å². The molecule has 0 saturated carbocycles. The summed E-state index contributed by atoms with van der Waals surface area (Å²) in [7, 11) is 0. The largest absolute Gasteiger partial charge is 0.352 e. The first-order valence-electron chi connectivity index (χ1n) is 5.41. The van der Waals surface area contributed by atoms with Crippen LogP contribution in [-0.4, -0.2) is 12.5 Å². The average Bonchev–Trinajstić information content (AvgIpc) is 2.85. The zero-order valence-corrected chi connectivity index (χ0v) is 14.0. The van der Waals surface area contributed by atoms with Crippen LogP contribution in [0, 0.1) is 3.57 Å². The summed E-state index contributed by atoms with van der Waals surface area (Å²) >= 11 is 7.24. The lowest BCUT2D eigenvalue weighted by atomic mass is 10.2. The van der Waals surface area contributed by atoms with Gasteiger partial charge in [-0.1, -0.05) is 15.9 Å². The molecule has 0 aliphatic rings. The predicted octanol–water partition coefficient (Wildman–Crippen LogP) is 4.09. The Balaban J connectivity index is 1.93. The molecule has 2 rings (SSSR count). The molecule has 0 spiro atoms. The first kappa shape index (κ1) is 14.0. The number of hydrogen-bond acceptors (Lipinski definition) is 2. The highest BCUT2D eigenvalue weighted by Gasteiger charge is 2.09. The highest BCUT2D eigenvalue weighted by molar-refractivity contribution is 14.1. The Kier molecular flexibility index (Phi) is 5.20. The summed E-state index contributed by atoms with van der Waals surface area (Å²) in [5, 5.41) is 7.10. The van der Waals surface area contributed by atoms with Gasteiger partial charge in [0.05, 0.1) is 5.56 Å². The van der Waals surface area contributed by atoms with Gasteiger partial charge in [-0.15, -0.1) is 0 Å². The molecule has 5 heteroatoms. The van der Waals surface area contributed by atoms with Gasteiger partial charge in [0.25, 0.3) is 5.91 Å². The Morgan fingerprint density at radius 1 is 1.39 bits per heavy atom. The third-order valence-electron chi connectivity index (χ3n) is 2.45. The average molecular weight is 436 g/mol. The number of nitrogens with one attached hydrogen (secondary N) is 1. The Bertz CT molecular complexity index is 542. The van der Waals surface area contributed by atoms with Crippen LogP contribution in [0.25, 0.3) is 0 Å². The van der Waals surface area contributed by atoms with Crippen molar-refractivity contribution in [2.45, 2.75) is 6.42 Å². The molecule has 2 aromatic rings. The first-order chi connectivity index (χ1) is 8.66. The summed E-state index contributed by atoms with van der Waals surface area (Å²) in [6, 6.07) is 7.80. The molecule has 94 valence electrons. The number of hydrogen-bond donors (Lipinski definition) is 1. The number of carbonyl (C=O) groups excluding carboxylic acids is 1. The monoisotopic (exact) mass is 435 g/mol. The molecule has 0 unspecified atom stereocenters. The maximum absolute atomic E-state index is 12.0. The summed E-state index contributed by atoms with van der Waals surface area (Å²) in [5.74, 6) is -0.0177. The van der Waals surface area contributed by atoms with Crippen molar-refractivity contribution in [3.8, 4) is 0 Å². The number of carbonyl (C=O) groups is 1. The molecule has 0 aliphatic carbocycles. The Morgan fingerprint density at radius 3 is 2.94 bits per heavy atom. The van der Waals surface area contributed by atoms with Crippen molar-refractivity contribution in [2.24, 2.45) is 0 Å². The Morgan fingerprint density at radius 2 is 2.22 bits per heavy atom. The molecule has 0 radical (unpaired) electrons. The van der Waals surface area contributed by atoms with Crippen molar-refractivity contribution >= 4 is 55.8 Å². The van der Waals surface area contributed by atoms with E-state index in [4.69, 9.17) is 0 Å². The zero-order chi connectivity index (χ0) is 13.0. The van der Waals surface area contributed by atoms with Crippen LogP contribution in [-0.2, 0) is 6.42 Å². The normalized spacial score (nSPS) is 10.3. The minimum absolute atomic E-state index is 0.0177. The molecule has 1 N–H and O–H groups in total. The molecule has 1 aromatic heterocycles. The van der Waals surface area contributed by atoms with Gasteiger partial charge in [-0.3, -0.25) is 4.79 Å². The maximum Gasteiger partial charge on any atom is 0.252 e. The molecule has 1 amide bonds. The van der Waals surface area contributed by atoms with Crippen LogP contribution in [0.5, 0.6) is 0 Å². The standard InChI is InChI=1S/C13H11BrINOS/c14-10-1-2-12(15)11(7-10)13(17)16-5-3-9-4-6-18-8-9/h1-2,4,6-8H,3,5H2,(H,16,17). The number of thiophene rings is 1. The number of amides is 1. The topological polar surface area (TPSA) is 29.1 Å². The van der Waals surface area contributed by atoms with Crippen molar-refractivity contribution in [1.29, 1.82) is 0 Å². The van der Waals surface area contributed by atoms with Gasteiger partial charge in [-0.25, -0.2) is 0 Å². The van der Waals surface area contributed by atoms with Gasteiger partial charge in [0.15, 0.2) is 0 Å². The molecule has 0 bridgehead atoms. The summed E-state index contributed by atoms with van der Waals surface area (Å²) in [6.07, 6.45) is 0.875. The highest BCUT2D eigenvalue weighted by Crippen LogP contribution is 2.18. The smallest absolute Gasteiger partial charge is 0.252 e. The van der Waals surface area contributed by atoms with Gasteiger partial charge in [-0.05, 0) is 69.6 Å². The van der Waals surface area contributed by atoms with E-state index >= 15 is 0 Å². The maximum atomic E-state index is 12.0. The number of benzene rings is 1. The second-order valence-corrected chi connectivity index (χ2v) is 6.62. The fourth-order valence-electron chi connectivity index (χ4n) is 1.52. The van der Waals surface area contributed by atoms with Crippen LogP contribution in [0.2, 0.25) is 0 Å². The van der Waals surface area contributed by atoms with Crippen LogP contribution < -0.4 is 5.32 Å².